The Labute approximate surface area is 246 Å². The van der Waals surface area contributed by atoms with Crippen molar-refractivity contribution in [2.75, 3.05) is 13.2 Å². The van der Waals surface area contributed by atoms with Gasteiger partial charge in [0.2, 0.25) is 0 Å². The molecule has 42 heavy (non-hydrogen) atoms. The maximum absolute atomic E-state index is 12.7. The van der Waals surface area contributed by atoms with Crippen LogP contribution >= 0.6 is 0 Å². The van der Waals surface area contributed by atoms with Crippen LogP contribution in [0.2, 0.25) is 0 Å². The van der Waals surface area contributed by atoms with Gasteiger partial charge in [-0.25, -0.2) is 4.79 Å². The number of esters is 2. The second-order valence-corrected chi connectivity index (χ2v) is 10.3. The Morgan fingerprint density at radius 2 is 1.60 bits per heavy atom. The highest BCUT2D eigenvalue weighted by atomic mass is 16.7. The standard InChI is InChI=1S/C26H46N2O11.CH2O2/c1-5-8-15(2)35-25-21(14-20(17(4)37-25)38-23(32)10-11-28-26(27)33)39-22(31)9-6-7-12-34-24-19(30)13-18(29)16(3)36-24;2-1-3/h15-21,24-25,29-30H,5-14H2,1-4H3,(H3,27,28,33);1H,(H,2,3)/t15-,16?,17?,18?,19?,20?,21?,24?,25?;/m1./s1. The van der Waals surface area contributed by atoms with E-state index in [0.717, 1.165) is 12.8 Å². The number of urea groups is 1. The van der Waals surface area contributed by atoms with Gasteiger partial charge in [-0.1, -0.05) is 13.3 Å². The number of hydrogen-bond acceptors (Lipinski definition) is 12. The molecule has 2 amide bonds. The fraction of sp³-hybridized carbons (Fsp3) is 0.852. The van der Waals surface area contributed by atoms with Crippen molar-refractivity contribution in [3.63, 3.8) is 0 Å². The van der Waals surface area contributed by atoms with Crippen LogP contribution < -0.4 is 11.1 Å². The predicted octanol–water partition coefficient (Wildman–Crippen LogP) is 0.953. The largest absolute Gasteiger partial charge is 0.483 e. The van der Waals surface area contributed by atoms with E-state index in [2.05, 4.69) is 5.32 Å². The molecule has 0 radical (unpaired) electrons. The molecule has 2 aliphatic rings. The second kappa shape index (κ2) is 20.4. The molecule has 2 fully saturated rings. The molecular formula is C27H48N2O13. The van der Waals surface area contributed by atoms with E-state index in [9.17, 15) is 24.6 Å². The van der Waals surface area contributed by atoms with Crippen LogP contribution in [0.15, 0.2) is 0 Å². The van der Waals surface area contributed by atoms with Crippen molar-refractivity contribution in [2.45, 2.75) is 134 Å². The first-order chi connectivity index (χ1) is 19.9. The maximum Gasteiger partial charge on any atom is 0.312 e. The van der Waals surface area contributed by atoms with Crippen LogP contribution in [-0.4, -0.2) is 108 Å². The molecule has 2 aliphatic heterocycles. The Morgan fingerprint density at radius 3 is 2.24 bits per heavy atom. The Morgan fingerprint density at radius 1 is 0.976 bits per heavy atom. The Bertz CT molecular complexity index is 817. The van der Waals surface area contributed by atoms with Gasteiger partial charge in [0.25, 0.3) is 6.47 Å². The summed E-state index contributed by atoms with van der Waals surface area (Å²) in [6, 6.07) is -0.730. The number of primary amides is 1. The molecule has 0 aromatic rings. The lowest BCUT2D eigenvalue weighted by Crippen LogP contribution is -2.51. The predicted molar refractivity (Wildman–Crippen MR) is 146 cm³/mol. The Kier molecular flexibility index (Phi) is 18.2. The summed E-state index contributed by atoms with van der Waals surface area (Å²) in [5, 5.41) is 29.0. The van der Waals surface area contributed by atoms with Gasteiger partial charge in [-0.3, -0.25) is 14.4 Å². The number of carbonyl (C=O) groups is 4. The van der Waals surface area contributed by atoms with Crippen LogP contribution in [0.3, 0.4) is 0 Å². The van der Waals surface area contributed by atoms with Crippen molar-refractivity contribution < 1.29 is 62.9 Å². The van der Waals surface area contributed by atoms with E-state index in [0.29, 0.717) is 12.8 Å². The molecule has 9 atom stereocenters. The quantitative estimate of drug-likeness (QED) is 0.0993. The number of ether oxygens (including phenoxy) is 6. The van der Waals surface area contributed by atoms with Gasteiger partial charge in [-0.05, 0) is 40.0 Å². The first-order valence-corrected chi connectivity index (χ1v) is 14.4. The molecule has 8 unspecified atom stereocenters. The first kappa shape index (κ1) is 37.5. The van der Waals surface area contributed by atoms with Gasteiger partial charge < -0.3 is 54.8 Å². The van der Waals surface area contributed by atoms with Crippen molar-refractivity contribution in [1.29, 1.82) is 0 Å². The fourth-order valence-electron chi connectivity index (χ4n) is 4.40. The SMILES string of the molecule is CCC[C@@H](C)OC1OC(C)C(OC(=O)CCNC(N)=O)CC1OC(=O)CCCCOC1OC(C)C(O)CC1O.O=CO. The zero-order valence-electron chi connectivity index (χ0n) is 24.8. The molecule has 2 heterocycles. The molecule has 2 rings (SSSR count). The number of aliphatic hydroxyl groups excluding tert-OH is 2. The summed E-state index contributed by atoms with van der Waals surface area (Å²) in [5.41, 5.74) is 5.01. The third-order valence-corrected chi connectivity index (χ3v) is 6.64. The number of rotatable bonds is 15. The summed E-state index contributed by atoms with van der Waals surface area (Å²) in [6.07, 6.45) is -2.57. The monoisotopic (exact) mass is 608 g/mol. The minimum Gasteiger partial charge on any atom is -0.483 e. The lowest BCUT2D eigenvalue weighted by molar-refractivity contribution is -0.280. The molecule has 0 spiro atoms. The van der Waals surface area contributed by atoms with E-state index in [1.54, 1.807) is 13.8 Å². The molecule has 2 saturated heterocycles. The van der Waals surface area contributed by atoms with Crippen molar-refractivity contribution in [3.05, 3.63) is 0 Å². The average molecular weight is 609 g/mol. The van der Waals surface area contributed by atoms with E-state index in [4.69, 9.17) is 44.1 Å². The number of amides is 2. The topological polar surface area (TPSA) is 222 Å². The normalized spacial score (nSPS) is 29.8. The van der Waals surface area contributed by atoms with Crippen LogP contribution in [0.4, 0.5) is 4.79 Å². The molecule has 15 heteroatoms. The van der Waals surface area contributed by atoms with Gasteiger partial charge in [0.05, 0.1) is 30.8 Å². The fourth-order valence-corrected chi connectivity index (χ4v) is 4.40. The molecule has 0 aliphatic carbocycles. The van der Waals surface area contributed by atoms with Crippen LogP contribution in [-0.2, 0) is 42.8 Å². The average Bonchev–Trinajstić information content (AvgIpc) is 2.89. The molecule has 15 nitrogen and oxygen atoms in total. The molecular weight excluding hydrogens is 560 g/mol. The Hall–Kier alpha value is -2.56. The molecule has 0 bridgehead atoms. The minimum atomic E-state index is -0.914. The van der Waals surface area contributed by atoms with E-state index < -0.39 is 67.2 Å². The van der Waals surface area contributed by atoms with Crippen LogP contribution in [0.1, 0.15) is 79.1 Å². The number of carbonyl (C=O) groups excluding carboxylic acids is 3. The zero-order chi connectivity index (χ0) is 31.7. The number of hydrogen-bond donors (Lipinski definition) is 5. The Balaban J connectivity index is 0.00000281. The van der Waals surface area contributed by atoms with Gasteiger partial charge in [-0.15, -0.1) is 0 Å². The number of nitrogens with two attached hydrogens (primary N) is 1. The van der Waals surface area contributed by atoms with Gasteiger partial charge in [0, 0.05) is 32.4 Å². The van der Waals surface area contributed by atoms with E-state index in [1.807, 2.05) is 13.8 Å². The third kappa shape index (κ3) is 14.6. The summed E-state index contributed by atoms with van der Waals surface area (Å²) in [7, 11) is 0. The van der Waals surface area contributed by atoms with Crippen molar-refractivity contribution in [3.8, 4) is 0 Å². The molecule has 0 aromatic carbocycles. The summed E-state index contributed by atoms with van der Waals surface area (Å²) in [6.45, 7) is 7.50. The highest BCUT2D eigenvalue weighted by Crippen LogP contribution is 2.28. The molecule has 244 valence electrons. The number of carboxylic acid groups (broad SMARTS) is 1. The number of unbranched alkanes of at least 4 members (excludes halogenated alkanes) is 1. The minimum absolute atomic E-state index is 0.0470. The smallest absolute Gasteiger partial charge is 0.312 e. The van der Waals surface area contributed by atoms with E-state index >= 15 is 0 Å². The third-order valence-electron chi connectivity index (χ3n) is 6.64. The van der Waals surface area contributed by atoms with E-state index in [-0.39, 0.29) is 51.4 Å². The summed E-state index contributed by atoms with van der Waals surface area (Å²) in [4.78, 5) is 44.0. The first-order valence-electron chi connectivity index (χ1n) is 14.4. The van der Waals surface area contributed by atoms with Gasteiger partial charge in [0.15, 0.2) is 18.7 Å². The van der Waals surface area contributed by atoms with Gasteiger partial charge >= 0.3 is 18.0 Å². The number of nitrogens with one attached hydrogen (secondary N) is 1. The number of aliphatic hydroxyl groups is 2. The van der Waals surface area contributed by atoms with Crippen LogP contribution in [0, 0.1) is 0 Å². The second-order valence-electron chi connectivity index (χ2n) is 10.3. The summed E-state index contributed by atoms with van der Waals surface area (Å²) < 4.78 is 34.3. The van der Waals surface area contributed by atoms with Crippen LogP contribution in [0.25, 0.3) is 0 Å². The highest BCUT2D eigenvalue weighted by molar-refractivity contribution is 5.74. The molecule has 0 saturated carbocycles. The van der Waals surface area contributed by atoms with Crippen LogP contribution in [0.5, 0.6) is 0 Å². The maximum atomic E-state index is 12.7. The lowest BCUT2D eigenvalue weighted by atomic mass is 10.0. The van der Waals surface area contributed by atoms with E-state index in [1.165, 1.54) is 0 Å². The zero-order valence-corrected chi connectivity index (χ0v) is 24.8. The van der Waals surface area contributed by atoms with Crippen molar-refractivity contribution in [2.24, 2.45) is 5.73 Å². The van der Waals surface area contributed by atoms with Crippen molar-refractivity contribution >= 4 is 24.4 Å². The molecule has 6 N–H and O–H groups in total. The van der Waals surface area contributed by atoms with Gasteiger partial charge in [0.1, 0.15) is 12.2 Å². The summed E-state index contributed by atoms with van der Waals surface area (Å²) >= 11 is 0. The highest BCUT2D eigenvalue weighted by Gasteiger charge is 2.41. The van der Waals surface area contributed by atoms with Gasteiger partial charge in [-0.2, -0.15) is 0 Å². The molecule has 0 aromatic heterocycles. The van der Waals surface area contributed by atoms with Crippen molar-refractivity contribution in [1.82, 2.24) is 5.32 Å². The lowest BCUT2D eigenvalue weighted by Gasteiger charge is -2.40. The summed E-state index contributed by atoms with van der Waals surface area (Å²) in [5.74, 6) is -0.986.